The van der Waals surface area contributed by atoms with Crippen molar-refractivity contribution in [1.29, 1.82) is 0 Å². The number of rotatable bonds is 5. The highest BCUT2D eigenvalue weighted by atomic mass is 35.5. The second-order valence-corrected chi connectivity index (χ2v) is 11.8. The maximum Gasteiger partial charge on any atom is 0.310 e. The quantitative estimate of drug-likeness (QED) is 0.366. The lowest BCUT2D eigenvalue weighted by atomic mass is 9.82. The fourth-order valence-corrected chi connectivity index (χ4v) is 7.42. The number of benzene rings is 1. The molecule has 1 saturated heterocycles. The number of nitrogens with zero attached hydrogens (tertiary/aromatic N) is 3. The van der Waals surface area contributed by atoms with Crippen molar-refractivity contribution in [2.24, 2.45) is 11.8 Å². The smallest absolute Gasteiger partial charge is 0.310 e. The number of likely N-dealkylation sites (tertiary alicyclic amines) is 1. The zero-order chi connectivity index (χ0) is 25.4. The molecular weight excluding hydrogens is 518 g/mol. The summed E-state index contributed by atoms with van der Waals surface area (Å²) in [5.74, 6) is -0.199. The third-order valence-electron chi connectivity index (χ3n) is 7.51. The average molecular weight is 548 g/mol. The van der Waals surface area contributed by atoms with Crippen molar-refractivity contribution in [3.8, 4) is 10.4 Å². The predicted molar refractivity (Wildman–Crippen MR) is 143 cm³/mol. The molecule has 3 heterocycles. The molecule has 0 spiro atoms. The van der Waals surface area contributed by atoms with Gasteiger partial charge in [0.1, 0.15) is 12.4 Å². The Balaban J connectivity index is 1.49. The second-order valence-electron chi connectivity index (χ2n) is 9.71. The highest BCUT2D eigenvalue weighted by Crippen LogP contribution is 2.48. The monoisotopic (exact) mass is 547 g/mol. The summed E-state index contributed by atoms with van der Waals surface area (Å²) in [4.78, 5) is 43.9. The van der Waals surface area contributed by atoms with E-state index in [-0.39, 0.29) is 42.2 Å². The Morgan fingerprint density at radius 1 is 1.14 bits per heavy atom. The molecular formula is C26H30ClN3O4S2. The van der Waals surface area contributed by atoms with E-state index in [9.17, 15) is 14.4 Å². The molecule has 2 aromatic rings. The number of ether oxygens (including phenoxy) is 1. The van der Waals surface area contributed by atoms with E-state index in [1.807, 2.05) is 24.3 Å². The van der Waals surface area contributed by atoms with E-state index in [2.05, 4.69) is 4.57 Å². The summed E-state index contributed by atoms with van der Waals surface area (Å²) in [5.41, 5.74) is 0.920. The molecule has 3 aliphatic rings. The Morgan fingerprint density at radius 2 is 1.89 bits per heavy atom. The van der Waals surface area contributed by atoms with Gasteiger partial charge in [0.25, 0.3) is 0 Å². The van der Waals surface area contributed by atoms with E-state index in [4.69, 9.17) is 28.6 Å². The molecule has 2 aliphatic heterocycles. The summed E-state index contributed by atoms with van der Waals surface area (Å²) < 4.78 is 8.04. The standard InChI is InChI=1S/C26H30ClN3O4S2/c1-2-34-25(33)17-6-5-13-28(14-17)21(31)15-29-23-22(16-9-11-18(27)12-10-16)36-26(35)30(23)20-8-4-3-7-19(20)24(29)32/h9-12,17,19-20H,2-8,13-15H2,1H3. The third-order valence-corrected chi connectivity index (χ3v) is 9.20. The van der Waals surface area contributed by atoms with Crippen molar-refractivity contribution in [2.75, 3.05) is 31.1 Å². The van der Waals surface area contributed by atoms with E-state index in [0.29, 0.717) is 37.0 Å². The molecule has 192 valence electrons. The molecule has 1 aliphatic carbocycles. The predicted octanol–water partition coefficient (Wildman–Crippen LogP) is 5.48. The van der Waals surface area contributed by atoms with Crippen molar-refractivity contribution >= 4 is 58.8 Å². The van der Waals surface area contributed by atoms with E-state index in [0.717, 1.165) is 46.5 Å². The molecule has 7 nitrogen and oxygen atoms in total. The van der Waals surface area contributed by atoms with E-state index in [1.54, 1.807) is 16.7 Å². The first-order valence-corrected chi connectivity index (χ1v) is 14.3. The van der Waals surface area contributed by atoms with Crippen molar-refractivity contribution in [2.45, 2.75) is 51.5 Å². The number of carbonyl (C=O) groups is 3. The molecule has 10 heteroatoms. The van der Waals surface area contributed by atoms with E-state index in [1.165, 1.54) is 11.3 Å². The van der Waals surface area contributed by atoms with Crippen LogP contribution >= 0.6 is 35.2 Å². The van der Waals surface area contributed by atoms with Gasteiger partial charge < -0.3 is 14.2 Å². The zero-order valence-corrected chi connectivity index (χ0v) is 22.7. The van der Waals surface area contributed by atoms with Crippen LogP contribution in [-0.2, 0) is 19.1 Å². The number of esters is 1. The maximum absolute atomic E-state index is 13.9. The van der Waals surface area contributed by atoms with Crippen LogP contribution in [0.2, 0.25) is 5.02 Å². The summed E-state index contributed by atoms with van der Waals surface area (Å²) in [6, 6.07) is 7.53. The van der Waals surface area contributed by atoms with Crippen LogP contribution < -0.4 is 4.90 Å². The average Bonchev–Trinajstić information content (AvgIpc) is 3.24. The van der Waals surface area contributed by atoms with E-state index >= 15 is 0 Å². The third kappa shape index (κ3) is 4.73. The van der Waals surface area contributed by atoms with Gasteiger partial charge in [-0.3, -0.25) is 19.3 Å². The Hall–Kier alpha value is -2.23. The van der Waals surface area contributed by atoms with E-state index < -0.39 is 0 Å². The van der Waals surface area contributed by atoms with Gasteiger partial charge in [-0.15, -0.1) is 11.3 Å². The molecule has 0 radical (unpaired) electrons. The SMILES string of the molecule is CCOC(=O)C1CCCN(C(=O)CN2C(=O)C3CCCCC3n3c2c(-c2ccc(Cl)cc2)sc3=S)C1. The fourth-order valence-electron chi connectivity index (χ4n) is 5.77. The maximum atomic E-state index is 13.9. The summed E-state index contributed by atoms with van der Waals surface area (Å²) in [6.07, 6.45) is 5.21. The number of fused-ring (bicyclic) bond motifs is 3. The van der Waals surface area contributed by atoms with Crippen LogP contribution in [0.4, 0.5) is 5.82 Å². The topological polar surface area (TPSA) is 71.8 Å². The van der Waals surface area contributed by atoms with Gasteiger partial charge in [0.15, 0.2) is 3.95 Å². The van der Waals surface area contributed by atoms with Crippen molar-refractivity contribution in [1.82, 2.24) is 9.47 Å². The zero-order valence-electron chi connectivity index (χ0n) is 20.3. The molecule has 3 atom stereocenters. The molecule has 0 N–H and O–H groups in total. The Labute approximate surface area is 225 Å². The molecule has 1 aromatic heterocycles. The molecule has 36 heavy (non-hydrogen) atoms. The number of aromatic nitrogens is 1. The number of thiazole rings is 1. The molecule has 2 fully saturated rings. The van der Waals surface area contributed by atoms with Crippen molar-refractivity contribution in [3.05, 3.63) is 33.2 Å². The number of piperidine rings is 1. The summed E-state index contributed by atoms with van der Waals surface area (Å²) >= 11 is 13.4. The molecule has 2 amide bonds. The van der Waals surface area contributed by atoms with Crippen molar-refractivity contribution in [3.63, 3.8) is 0 Å². The van der Waals surface area contributed by atoms with Gasteiger partial charge in [-0.05, 0) is 62.5 Å². The number of hydrogen-bond acceptors (Lipinski definition) is 6. The number of anilines is 1. The van der Waals surface area contributed by atoms with Crippen LogP contribution in [0.5, 0.6) is 0 Å². The van der Waals surface area contributed by atoms with Crippen LogP contribution in [0, 0.1) is 15.8 Å². The van der Waals surface area contributed by atoms with Crippen LogP contribution in [0.3, 0.4) is 0 Å². The lowest BCUT2D eigenvalue weighted by molar-refractivity contribution is -0.151. The first-order chi connectivity index (χ1) is 17.4. The van der Waals surface area contributed by atoms with Gasteiger partial charge >= 0.3 is 5.97 Å². The summed E-state index contributed by atoms with van der Waals surface area (Å²) in [6.45, 7) is 2.94. The number of amides is 2. The first-order valence-electron chi connectivity index (χ1n) is 12.7. The van der Waals surface area contributed by atoms with Gasteiger partial charge in [-0.2, -0.15) is 0 Å². The Morgan fingerprint density at radius 3 is 2.64 bits per heavy atom. The van der Waals surface area contributed by atoms with Crippen molar-refractivity contribution < 1.29 is 19.1 Å². The molecule has 5 rings (SSSR count). The second kappa shape index (κ2) is 10.6. The molecule has 1 aromatic carbocycles. The first kappa shape index (κ1) is 25.4. The largest absolute Gasteiger partial charge is 0.466 e. The minimum absolute atomic E-state index is 0.00462. The molecule has 1 saturated carbocycles. The lowest BCUT2D eigenvalue weighted by Crippen LogP contribution is -2.53. The van der Waals surface area contributed by atoms with Crippen LogP contribution in [0.1, 0.15) is 51.5 Å². The Kier molecular flexibility index (Phi) is 7.51. The van der Waals surface area contributed by atoms with Gasteiger partial charge in [-0.25, -0.2) is 0 Å². The highest BCUT2D eigenvalue weighted by Gasteiger charge is 2.44. The van der Waals surface area contributed by atoms with Gasteiger partial charge in [0, 0.05) is 24.2 Å². The van der Waals surface area contributed by atoms with Gasteiger partial charge in [0.2, 0.25) is 11.8 Å². The molecule has 3 unspecified atom stereocenters. The number of hydrogen-bond donors (Lipinski definition) is 0. The fraction of sp³-hybridized carbons (Fsp3) is 0.538. The van der Waals surface area contributed by atoms with Crippen LogP contribution in [0.15, 0.2) is 24.3 Å². The summed E-state index contributed by atoms with van der Waals surface area (Å²) in [5, 5.41) is 0.632. The number of halogens is 1. The highest BCUT2D eigenvalue weighted by molar-refractivity contribution is 7.73. The van der Waals surface area contributed by atoms with Gasteiger partial charge in [0.05, 0.1) is 23.3 Å². The minimum atomic E-state index is -0.322. The lowest BCUT2D eigenvalue weighted by Gasteiger charge is -2.42. The molecule has 0 bridgehead atoms. The van der Waals surface area contributed by atoms with Gasteiger partial charge in [-0.1, -0.05) is 36.6 Å². The van der Waals surface area contributed by atoms with Crippen LogP contribution in [0.25, 0.3) is 10.4 Å². The summed E-state index contributed by atoms with van der Waals surface area (Å²) in [7, 11) is 0. The normalized spacial score (nSPS) is 23.7. The minimum Gasteiger partial charge on any atom is -0.466 e. The Bertz CT molecular complexity index is 1220. The van der Waals surface area contributed by atoms with Crippen LogP contribution in [-0.4, -0.2) is 53.5 Å². The number of carbonyl (C=O) groups excluding carboxylic acids is 3.